The number of hydrogen-bond acceptors (Lipinski definition) is 5. The summed E-state index contributed by atoms with van der Waals surface area (Å²) in [5.74, 6) is -2.57. The summed E-state index contributed by atoms with van der Waals surface area (Å²) in [6.07, 6.45) is -1.06. The summed E-state index contributed by atoms with van der Waals surface area (Å²) in [7, 11) is 0. The number of amides is 2. The van der Waals surface area contributed by atoms with Crippen molar-refractivity contribution in [3.63, 3.8) is 0 Å². The molecule has 17 heavy (non-hydrogen) atoms. The van der Waals surface area contributed by atoms with Gasteiger partial charge in [-0.05, 0) is 5.92 Å². The molecular weight excluding hydrogens is 228 g/mol. The molecule has 0 spiro atoms. The molecule has 1 rings (SSSR count). The number of aliphatic hydroxyl groups is 1. The summed E-state index contributed by atoms with van der Waals surface area (Å²) in [5, 5.41) is 19.3. The number of carboxylic acids is 1. The van der Waals surface area contributed by atoms with Gasteiger partial charge >= 0.3 is 5.97 Å². The van der Waals surface area contributed by atoms with E-state index in [9.17, 15) is 19.5 Å². The third-order valence-electron chi connectivity index (χ3n) is 2.61. The molecule has 96 valence electrons. The van der Waals surface area contributed by atoms with Crippen LogP contribution in [0.3, 0.4) is 0 Å². The summed E-state index contributed by atoms with van der Waals surface area (Å²) >= 11 is 0. The van der Waals surface area contributed by atoms with Gasteiger partial charge in [-0.25, -0.2) is 10.4 Å². The fourth-order valence-electron chi connectivity index (χ4n) is 1.52. The van der Waals surface area contributed by atoms with Gasteiger partial charge < -0.3 is 10.2 Å². The second kappa shape index (κ2) is 5.24. The average molecular weight is 244 g/mol. The van der Waals surface area contributed by atoms with Crippen LogP contribution in [0.4, 0.5) is 0 Å². The Labute approximate surface area is 98.4 Å². The van der Waals surface area contributed by atoms with Crippen molar-refractivity contribution in [3.8, 4) is 0 Å². The molecule has 1 fully saturated rings. The summed E-state index contributed by atoms with van der Waals surface area (Å²) < 4.78 is 0. The number of nitrogens with zero attached hydrogens (tertiary/aromatic N) is 1. The van der Waals surface area contributed by atoms with Crippen LogP contribution in [0.2, 0.25) is 0 Å². The van der Waals surface area contributed by atoms with Gasteiger partial charge in [0.25, 0.3) is 0 Å². The standard InChI is InChI=1S/C10H16N2O5/c1-5(2)9(15)8(10(16)17)11-12-6(13)3-4-7(12)14/h5,8-9,11,15H,3-4H2,1-2H3,(H,16,17)/t8-,9+/m0/s1. The molecule has 1 heterocycles. The highest BCUT2D eigenvalue weighted by atomic mass is 16.4. The third kappa shape index (κ3) is 3.01. The molecule has 3 N–H and O–H groups in total. The van der Waals surface area contributed by atoms with Crippen LogP contribution in [0.5, 0.6) is 0 Å². The first-order valence-electron chi connectivity index (χ1n) is 5.37. The van der Waals surface area contributed by atoms with Gasteiger partial charge in [-0.1, -0.05) is 13.8 Å². The van der Waals surface area contributed by atoms with E-state index in [0.29, 0.717) is 5.01 Å². The molecule has 0 aromatic heterocycles. The van der Waals surface area contributed by atoms with E-state index in [1.807, 2.05) is 0 Å². The molecule has 7 heteroatoms. The lowest BCUT2D eigenvalue weighted by atomic mass is 10.0. The number of nitrogens with one attached hydrogen (secondary N) is 1. The Morgan fingerprint density at radius 3 is 2.12 bits per heavy atom. The Balaban J connectivity index is 2.77. The van der Waals surface area contributed by atoms with E-state index >= 15 is 0 Å². The van der Waals surface area contributed by atoms with Crippen molar-refractivity contribution in [2.75, 3.05) is 0 Å². The smallest absolute Gasteiger partial charge is 0.325 e. The summed E-state index contributed by atoms with van der Waals surface area (Å²) in [5.41, 5.74) is 2.28. The number of rotatable bonds is 5. The summed E-state index contributed by atoms with van der Waals surface area (Å²) in [4.78, 5) is 33.6. The minimum atomic E-state index is -1.37. The van der Waals surface area contributed by atoms with E-state index in [1.165, 1.54) is 0 Å². The molecule has 0 aliphatic carbocycles. The number of hydrogen-bond donors (Lipinski definition) is 3. The number of aliphatic carboxylic acids is 1. The minimum absolute atomic E-state index is 0.0654. The maximum Gasteiger partial charge on any atom is 0.325 e. The van der Waals surface area contributed by atoms with E-state index in [0.717, 1.165) is 0 Å². The zero-order chi connectivity index (χ0) is 13.2. The molecule has 0 saturated carbocycles. The molecule has 0 radical (unpaired) electrons. The first-order chi connectivity index (χ1) is 7.84. The summed E-state index contributed by atoms with van der Waals surface area (Å²) in [6.45, 7) is 3.30. The van der Waals surface area contributed by atoms with Crippen molar-refractivity contribution in [2.24, 2.45) is 5.92 Å². The Morgan fingerprint density at radius 1 is 1.29 bits per heavy atom. The van der Waals surface area contributed by atoms with Crippen LogP contribution in [0.1, 0.15) is 26.7 Å². The van der Waals surface area contributed by atoms with E-state index in [2.05, 4.69) is 5.43 Å². The van der Waals surface area contributed by atoms with Gasteiger partial charge in [0.2, 0.25) is 11.8 Å². The molecule has 7 nitrogen and oxygen atoms in total. The van der Waals surface area contributed by atoms with E-state index in [4.69, 9.17) is 5.11 Å². The average Bonchev–Trinajstić information content (AvgIpc) is 2.54. The topological polar surface area (TPSA) is 107 Å². The van der Waals surface area contributed by atoms with Gasteiger partial charge in [-0.15, -0.1) is 0 Å². The van der Waals surface area contributed by atoms with Crippen molar-refractivity contribution in [2.45, 2.75) is 38.8 Å². The van der Waals surface area contributed by atoms with Gasteiger partial charge in [0.1, 0.15) is 0 Å². The zero-order valence-corrected chi connectivity index (χ0v) is 9.71. The number of carbonyl (C=O) groups is 3. The van der Waals surface area contributed by atoms with Crippen LogP contribution in [0.15, 0.2) is 0 Å². The second-order valence-corrected chi connectivity index (χ2v) is 4.30. The van der Waals surface area contributed by atoms with Crippen LogP contribution in [-0.4, -0.2) is 45.2 Å². The monoisotopic (exact) mass is 244 g/mol. The van der Waals surface area contributed by atoms with Crippen LogP contribution in [0.25, 0.3) is 0 Å². The highest BCUT2D eigenvalue weighted by molar-refractivity contribution is 6.01. The fourth-order valence-corrected chi connectivity index (χ4v) is 1.52. The molecule has 0 unspecified atom stereocenters. The van der Waals surface area contributed by atoms with Gasteiger partial charge in [0.05, 0.1) is 6.10 Å². The number of carbonyl (C=O) groups excluding carboxylic acids is 2. The number of imide groups is 1. The Bertz CT molecular complexity index is 326. The van der Waals surface area contributed by atoms with E-state index < -0.39 is 29.9 Å². The van der Waals surface area contributed by atoms with Crippen molar-refractivity contribution in [1.82, 2.24) is 10.4 Å². The lowest BCUT2D eigenvalue weighted by Gasteiger charge is -2.26. The molecule has 1 aliphatic rings. The van der Waals surface area contributed by atoms with Gasteiger partial charge in [-0.2, -0.15) is 0 Å². The fraction of sp³-hybridized carbons (Fsp3) is 0.700. The molecular formula is C10H16N2O5. The molecule has 1 aliphatic heterocycles. The number of carboxylic acid groups (broad SMARTS) is 1. The predicted octanol–water partition coefficient (Wildman–Crippen LogP) is -0.890. The number of aliphatic hydroxyl groups excluding tert-OH is 1. The van der Waals surface area contributed by atoms with E-state index in [-0.39, 0.29) is 18.8 Å². The van der Waals surface area contributed by atoms with Crippen molar-refractivity contribution >= 4 is 17.8 Å². The highest BCUT2D eigenvalue weighted by Crippen LogP contribution is 2.12. The molecule has 0 aromatic carbocycles. The quantitative estimate of drug-likeness (QED) is 0.542. The van der Waals surface area contributed by atoms with Crippen LogP contribution in [0, 0.1) is 5.92 Å². The van der Waals surface area contributed by atoms with Crippen molar-refractivity contribution < 1.29 is 24.6 Å². The largest absolute Gasteiger partial charge is 0.480 e. The predicted molar refractivity (Wildman–Crippen MR) is 56.5 cm³/mol. The van der Waals surface area contributed by atoms with Crippen LogP contribution in [-0.2, 0) is 14.4 Å². The van der Waals surface area contributed by atoms with Gasteiger partial charge in [0.15, 0.2) is 6.04 Å². The van der Waals surface area contributed by atoms with Gasteiger partial charge in [-0.3, -0.25) is 14.4 Å². The molecule has 1 saturated heterocycles. The normalized spacial score (nSPS) is 19.9. The molecule has 2 amide bonds. The van der Waals surface area contributed by atoms with Crippen LogP contribution < -0.4 is 5.43 Å². The zero-order valence-electron chi connectivity index (χ0n) is 9.71. The maximum atomic E-state index is 11.3. The highest BCUT2D eigenvalue weighted by Gasteiger charge is 2.36. The lowest BCUT2D eigenvalue weighted by Crippen LogP contribution is -2.56. The van der Waals surface area contributed by atoms with Crippen LogP contribution >= 0.6 is 0 Å². The minimum Gasteiger partial charge on any atom is -0.480 e. The first kappa shape index (κ1) is 13.6. The lowest BCUT2D eigenvalue weighted by molar-refractivity contribution is -0.151. The molecule has 2 atom stereocenters. The Morgan fingerprint density at radius 2 is 1.76 bits per heavy atom. The third-order valence-corrected chi connectivity index (χ3v) is 2.61. The van der Waals surface area contributed by atoms with Crippen molar-refractivity contribution in [1.29, 1.82) is 0 Å². The van der Waals surface area contributed by atoms with Crippen molar-refractivity contribution in [3.05, 3.63) is 0 Å². The summed E-state index contributed by atoms with van der Waals surface area (Å²) in [6, 6.07) is -1.37. The Hall–Kier alpha value is -1.47. The second-order valence-electron chi connectivity index (χ2n) is 4.30. The van der Waals surface area contributed by atoms with Gasteiger partial charge in [0, 0.05) is 12.8 Å². The SMILES string of the molecule is CC(C)[C@@H](O)[C@H](NN1C(=O)CCC1=O)C(=O)O. The van der Waals surface area contributed by atoms with E-state index in [1.54, 1.807) is 13.8 Å². The maximum absolute atomic E-state index is 11.3. The molecule has 0 aromatic rings. The first-order valence-corrected chi connectivity index (χ1v) is 5.37. The Kier molecular flexibility index (Phi) is 4.19. The number of hydrazine groups is 1. The molecule has 0 bridgehead atoms.